The molecule has 0 heterocycles. The molecular weight excluding hydrogens is 517 g/mol. The number of carbonyl (C=O) groups is 2. The lowest BCUT2D eigenvalue weighted by Crippen LogP contribution is -2.52. The molecule has 0 saturated heterocycles. The zero-order valence-electron chi connectivity index (χ0n) is 21.7. The van der Waals surface area contributed by atoms with E-state index in [1.54, 1.807) is 24.3 Å². The van der Waals surface area contributed by atoms with Crippen LogP contribution in [0, 0.1) is 5.82 Å². The van der Waals surface area contributed by atoms with Gasteiger partial charge in [0, 0.05) is 25.4 Å². The average Bonchev–Trinajstić information content (AvgIpc) is 2.93. The van der Waals surface area contributed by atoms with Crippen molar-refractivity contribution in [1.82, 2.24) is 10.2 Å². The Morgan fingerprint density at radius 3 is 2.15 bits per heavy atom. The molecule has 0 aliphatic rings. The van der Waals surface area contributed by atoms with E-state index in [4.69, 9.17) is 0 Å². The summed E-state index contributed by atoms with van der Waals surface area (Å²) < 4.78 is 40.7. The largest absolute Gasteiger partial charge is 0.357 e. The highest BCUT2D eigenvalue weighted by Crippen LogP contribution is 2.29. The maximum atomic E-state index is 14.0. The first-order valence-electron chi connectivity index (χ1n) is 12.4. The molecule has 0 fully saturated rings. The fourth-order valence-electron chi connectivity index (χ4n) is 4.53. The summed E-state index contributed by atoms with van der Waals surface area (Å²) in [5, 5.41) is 4.13. The molecule has 4 aromatic carbocycles. The van der Waals surface area contributed by atoms with Crippen molar-refractivity contribution in [2.75, 3.05) is 24.2 Å². The molecule has 39 heavy (non-hydrogen) atoms. The van der Waals surface area contributed by atoms with Gasteiger partial charge in [-0.3, -0.25) is 13.9 Å². The summed E-state index contributed by atoms with van der Waals surface area (Å²) in [4.78, 5) is 28.5. The van der Waals surface area contributed by atoms with Crippen LogP contribution in [0.5, 0.6) is 0 Å². The SMILES string of the molecule is CNC(=O)[C@@H](Cc1ccccc1)N(Cc1ccc(F)cc1)C(=O)CN(c1cccc2ccccc12)S(C)(=O)=O. The summed E-state index contributed by atoms with van der Waals surface area (Å²) in [6.07, 6.45) is 1.26. The molecule has 0 unspecified atom stereocenters. The van der Waals surface area contributed by atoms with Crippen LogP contribution in [0.2, 0.25) is 0 Å². The van der Waals surface area contributed by atoms with Crippen molar-refractivity contribution in [3.63, 3.8) is 0 Å². The van der Waals surface area contributed by atoms with Crippen LogP contribution >= 0.6 is 0 Å². The van der Waals surface area contributed by atoms with Gasteiger partial charge in [0.15, 0.2) is 0 Å². The number of halogens is 1. The van der Waals surface area contributed by atoms with Crippen LogP contribution < -0.4 is 9.62 Å². The van der Waals surface area contributed by atoms with Gasteiger partial charge in [0.1, 0.15) is 18.4 Å². The van der Waals surface area contributed by atoms with Gasteiger partial charge in [0.2, 0.25) is 21.8 Å². The molecule has 1 N–H and O–H groups in total. The Labute approximate surface area is 227 Å². The van der Waals surface area contributed by atoms with E-state index in [1.807, 2.05) is 48.5 Å². The number of anilines is 1. The summed E-state index contributed by atoms with van der Waals surface area (Å²) in [7, 11) is -2.41. The predicted molar refractivity (Wildman–Crippen MR) is 151 cm³/mol. The molecular formula is C30H30FN3O4S. The fourth-order valence-corrected chi connectivity index (χ4v) is 5.39. The van der Waals surface area contributed by atoms with Crippen molar-refractivity contribution >= 4 is 38.3 Å². The van der Waals surface area contributed by atoms with E-state index in [9.17, 15) is 22.4 Å². The van der Waals surface area contributed by atoms with Crippen LogP contribution in [-0.4, -0.2) is 51.0 Å². The molecule has 202 valence electrons. The number of likely N-dealkylation sites (N-methyl/N-ethyl adjacent to an activating group) is 1. The minimum absolute atomic E-state index is 0.0167. The number of hydrogen-bond acceptors (Lipinski definition) is 4. The normalized spacial score (nSPS) is 12.1. The number of fused-ring (bicyclic) bond motifs is 1. The van der Waals surface area contributed by atoms with Crippen LogP contribution in [0.1, 0.15) is 11.1 Å². The van der Waals surface area contributed by atoms with E-state index in [1.165, 1.54) is 36.2 Å². The molecule has 0 aromatic heterocycles. The average molecular weight is 548 g/mol. The van der Waals surface area contributed by atoms with E-state index < -0.39 is 40.2 Å². The molecule has 0 spiro atoms. The summed E-state index contributed by atoms with van der Waals surface area (Å²) in [5.41, 5.74) is 1.80. The van der Waals surface area contributed by atoms with Gasteiger partial charge < -0.3 is 10.2 Å². The second kappa shape index (κ2) is 12.1. The molecule has 4 aromatic rings. The quantitative estimate of drug-likeness (QED) is 0.324. The summed E-state index contributed by atoms with van der Waals surface area (Å²) in [6.45, 7) is -0.534. The lowest BCUT2D eigenvalue weighted by atomic mass is 10.0. The van der Waals surface area contributed by atoms with Crippen molar-refractivity contribution in [3.05, 3.63) is 114 Å². The Balaban J connectivity index is 1.76. The Morgan fingerprint density at radius 1 is 0.846 bits per heavy atom. The second-order valence-electron chi connectivity index (χ2n) is 9.24. The number of benzene rings is 4. The van der Waals surface area contributed by atoms with Crippen LogP contribution in [0.15, 0.2) is 97.1 Å². The smallest absolute Gasteiger partial charge is 0.244 e. The lowest BCUT2D eigenvalue weighted by molar-refractivity contribution is -0.139. The fraction of sp³-hybridized carbons (Fsp3) is 0.200. The van der Waals surface area contributed by atoms with Crippen LogP contribution in [0.25, 0.3) is 10.8 Å². The van der Waals surface area contributed by atoms with Crippen LogP contribution in [-0.2, 0) is 32.6 Å². The highest BCUT2D eigenvalue weighted by Gasteiger charge is 2.33. The number of nitrogens with one attached hydrogen (secondary N) is 1. The molecule has 0 radical (unpaired) electrons. The molecule has 0 aliphatic heterocycles. The van der Waals surface area contributed by atoms with Gasteiger partial charge in [-0.15, -0.1) is 0 Å². The Kier molecular flexibility index (Phi) is 8.61. The van der Waals surface area contributed by atoms with Crippen molar-refractivity contribution in [3.8, 4) is 0 Å². The zero-order valence-corrected chi connectivity index (χ0v) is 22.6. The van der Waals surface area contributed by atoms with Crippen molar-refractivity contribution in [1.29, 1.82) is 0 Å². The van der Waals surface area contributed by atoms with Crippen LogP contribution in [0.4, 0.5) is 10.1 Å². The summed E-state index contributed by atoms with van der Waals surface area (Å²) in [6, 6.07) is 26.5. The van der Waals surface area contributed by atoms with Crippen molar-refractivity contribution < 1.29 is 22.4 Å². The minimum Gasteiger partial charge on any atom is -0.357 e. The predicted octanol–water partition coefficient (Wildman–Crippen LogP) is 4.13. The lowest BCUT2D eigenvalue weighted by Gasteiger charge is -2.33. The number of amides is 2. The zero-order chi connectivity index (χ0) is 28.0. The topological polar surface area (TPSA) is 86.8 Å². The molecule has 4 rings (SSSR count). The number of hydrogen-bond donors (Lipinski definition) is 1. The first-order valence-corrected chi connectivity index (χ1v) is 14.3. The summed E-state index contributed by atoms with van der Waals surface area (Å²) in [5.74, 6) is -1.39. The minimum atomic E-state index is -3.89. The number of nitrogens with zero attached hydrogens (tertiary/aromatic N) is 2. The van der Waals surface area contributed by atoms with Gasteiger partial charge in [0.05, 0.1) is 11.9 Å². The van der Waals surface area contributed by atoms with E-state index in [0.717, 1.165) is 21.5 Å². The van der Waals surface area contributed by atoms with Crippen molar-refractivity contribution in [2.45, 2.75) is 19.0 Å². The van der Waals surface area contributed by atoms with Gasteiger partial charge in [0.25, 0.3) is 0 Å². The highest BCUT2D eigenvalue weighted by molar-refractivity contribution is 7.92. The van der Waals surface area contributed by atoms with E-state index in [-0.39, 0.29) is 13.0 Å². The molecule has 1 atom stereocenters. The van der Waals surface area contributed by atoms with Gasteiger partial charge in [-0.1, -0.05) is 78.9 Å². The maximum absolute atomic E-state index is 14.0. The Morgan fingerprint density at radius 2 is 1.49 bits per heavy atom. The molecule has 7 nitrogen and oxygen atoms in total. The third-order valence-electron chi connectivity index (χ3n) is 6.50. The first kappa shape index (κ1) is 27.8. The second-order valence-corrected chi connectivity index (χ2v) is 11.1. The summed E-state index contributed by atoms with van der Waals surface area (Å²) >= 11 is 0. The third kappa shape index (κ3) is 6.80. The van der Waals surface area contributed by atoms with Crippen molar-refractivity contribution in [2.24, 2.45) is 0 Å². The standard InChI is InChI=1S/C30H30FN3O4S/c1-32-30(36)28(19-22-9-4-3-5-10-22)33(20-23-15-17-25(31)18-16-23)29(35)21-34(39(2,37)38)27-14-8-12-24-11-6-7-13-26(24)27/h3-18,28H,19-21H2,1-2H3,(H,32,36)/t28-/m1/s1. The number of sulfonamides is 1. The third-order valence-corrected chi connectivity index (χ3v) is 7.62. The molecule has 2 amide bonds. The van der Waals surface area contributed by atoms with Crippen LogP contribution in [0.3, 0.4) is 0 Å². The Hall–Kier alpha value is -4.24. The Bertz CT molecular complexity index is 1560. The van der Waals surface area contributed by atoms with Gasteiger partial charge in [-0.2, -0.15) is 0 Å². The number of carbonyl (C=O) groups excluding carboxylic acids is 2. The van der Waals surface area contributed by atoms with Gasteiger partial charge in [-0.05, 0) is 34.7 Å². The number of rotatable bonds is 10. The maximum Gasteiger partial charge on any atom is 0.244 e. The molecule has 0 aliphatic carbocycles. The molecule has 0 bridgehead atoms. The first-order chi connectivity index (χ1) is 18.7. The van der Waals surface area contributed by atoms with E-state index >= 15 is 0 Å². The van der Waals surface area contributed by atoms with Gasteiger partial charge >= 0.3 is 0 Å². The molecule has 0 saturated carbocycles. The molecule has 9 heteroatoms. The van der Waals surface area contributed by atoms with E-state index in [0.29, 0.717) is 16.6 Å². The van der Waals surface area contributed by atoms with Gasteiger partial charge in [-0.25, -0.2) is 12.8 Å². The monoisotopic (exact) mass is 547 g/mol. The van der Waals surface area contributed by atoms with E-state index in [2.05, 4.69) is 5.32 Å². The highest BCUT2D eigenvalue weighted by atomic mass is 32.2.